The predicted molar refractivity (Wildman–Crippen MR) is 67.6 cm³/mol. The van der Waals surface area contributed by atoms with Crippen LogP contribution in [0.5, 0.6) is 5.75 Å². The molecule has 2 aliphatic heterocycles. The van der Waals surface area contributed by atoms with E-state index in [2.05, 4.69) is 36.2 Å². The molecule has 2 aliphatic rings. The largest absolute Gasteiger partial charge is 0.492 e. The summed E-state index contributed by atoms with van der Waals surface area (Å²) >= 11 is 0. The smallest absolute Gasteiger partial charge is 0.123 e. The summed E-state index contributed by atoms with van der Waals surface area (Å²) in [5, 5.41) is 0. The molecule has 1 aromatic rings. The van der Waals surface area contributed by atoms with Crippen molar-refractivity contribution in [2.45, 2.75) is 18.3 Å². The lowest BCUT2D eigenvalue weighted by Gasteiger charge is -2.37. The third-order valence-corrected chi connectivity index (χ3v) is 3.73. The zero-order valence-electron chi connectivity index (χ0n) is 9.61. The number of likely N-dealkylation sites (N-methyl/N-ethyl adjacent to an activating group) is 1. The predicted octanol–water partition coefficient (Wildman–Crippen LogP) is 2.46. The lowest BCUT2D eigenvalue weighted by Crippen LogP contribution is -2.45. The number of nitrogens with zero attached hydrogens (tertiary/aromatic N) is 1. The van der Waals surface area contributed by atoms with E-state index in [-0.39, 0.29) is 17.8 Å². The van der Waals surface area contributed by atoms with Gasteiger partial charge in [0, 0.05) is 17.5 Å². The zero-order valence-corrected chi connectivity index (χ0v) is 10.4. The number of fused-ring (bicyclic) bond motifs is 2. The molecule has 0 bridgehead atoms. The Kier molecular flexibility index (Phi) is 3.13. The third kappa shape index (κ3) is 1.70. The fourth-order valence-electron chi connectivity index (χ4n) is 3.02. The first kappa shape index (κ1) is 11.7. The molecule has 3 rings (SSSR count). The van der Waals surface area contributed by atoms with Crippen LogP contribution in [0.15, 0.2) is 24.3 Å². The lowest BCUT2D eigenvalue weighted by atomic mass is 9.76. The van der Waals surface area contributed by atoms with Crippen LogP contribution in [0.25, 0.3) is 0 Å². The van der Waals surface area contributed by atoms with E-state index in [0.717, 1.165) is 18.9 Å². The normalized spacial score (nSPS) is 28.3. The minimum atomic E-state index is 0. The third-order valence-electron chi connectivity index (χ3n) is 3.73. The number of para-hydroxylation sites is 1. The summed E-state index contributed by atoms with van der Waals surface area (Å²) in [5.41, 5.74) is 1.71. The van der Waals surface area contributed by atoms with Crippen LogP contribution in [0.4, 0.5) is 0 Å². The van der Waals surface area contributed by atoms with E-state index >= 15 is 0 Å². The topological polar surface area (TPSA) is 12.5 Å². The molecular formula is C13H18ClNO. The zero-order chi connectivity index (χ0) is 10.3. The molecular weight excluding hydrogens is 222 g/mol. The number of piperidine rings is 1. The average Bonchev–Trinajstić information content (AvgIpc) is 2.59. The Morgan fingerprint density at radius 2 is 2.12 bits per heavy atom. The second-order valence-corrected chi connectivity index (χ2v) is 4.91. The monoisotopic (exact) mass is 239 g/mol. The van der Waals surface area contributed by atoms with Crippen molar-refractivity contribution in [3.8, 4) is 5.75 Å². The van der Waals surface area contributed by atoms with Crippen molar-refractivity contribution in [3.05, 3.63) is 29.8 Å². The van der Waals surface area contributed by atoms with Gasteiger partial charge < -0.3 is 9.64 Å². The highest BCUT2D eigenvalue weighted by Gasteiger charge is 2.42. The Labute approximate surface area is 103 Å². The van der Waals surface area contributed by atoms with Crippen LogP contribution in [-0.2, 0) is 5.41 Å². The molecule has 2 heterocycles. The minimum Gasteiger partial charge on any atom is -0.492 e. The van der Waals surface area contributed by atoms with Crippen molar-refractivity contribution in [3.63, 3.8) is 0 Å². The number of hydrogen-bond acceptors (Lipinski definition) is 2. The Bertz CT molecular complexity index is 378. The molecule has 0 saturated carbocycles. The van der Waals surface area contributed by atoms with Gasteiger partial charge in [0.2, 0.25) is 0 Å². The van der Waals surface area contributed by atoms with Gasteiger partial charge in [-0.15, -0.1) is 12.4 Å². The van der Waals surface area contributed by atoms with Gasteiger partial charge in [0.15, 0.2) is 0 Å². The van der Waals surface area contributed by atoms with Crippen LogP contribution in [-0.4, -0.2) is 31.6 Å². The second-order valence-electron chi connectivity index (χ2n) is 4.91. The molecule has 0 N–H and O–H groups in total. The minimum absolute atomic E-state index is 0. The van der Waals surface area contributed by atoms with Crippen molar-refractivity contribution in [1.82, 2.24) is 4.90 Å². The average molecular weight is 240 g/mol. The van der Waals surface area contributed by atoms with Crippen molar-refractivity contribution in [2.75, 3.05) is 26.7 Å². The molecule has 88 valence electrons. The highest BCUT2D eigenvalue weighted by atomic mass is 35.5. The Balaban J connectivity index is 0.000000963. The standard InChI is InChI=1S/C13H17NO.ClH/c1-14-8-4-7-13(9-14)10-15-12-6-3-2-5-11(12)13;/h2-3,5-6H,4,7-10H2,1H3;1H. The molecule has 1 aromatic carbocycles. The maximum absolute atomic E-state index is 5.81. The molecule has 3 heteroatoms. The molecule has 1 spiro atoms. The summed E-state index contributed by atoms with van der Waals surface area (Å²) in [6.07, 6.45) is 2.56. The van der Waals surface area contributed by atoms with Crippen molar-refractivity contribution in [1.29, 1.82) is 0 Å². The van der Waals surface area contributed by atoms with Gasteiger partial charge in [0.25, 0.3) is 0 Å². The number of likely N-dealkylation sites (tertiary alicyclic amines) is 1. The van der Waals surface area contributed by atoms with Crippen LogP contribution in [0.2, 0.25) is 0 Å². The van der Waals surface area contributed by atoms with Gasteiger partial charge in [-0.3, -0.25) is 0 Å². The Hall–Kier alpha value is -0.730. The van der Waals surface area contributed by atoms with Crippen LogP contribution >= 0.6 is 12.4 Å². The van der Waals surface area contributed by atoms with E-state index in [9.17, 15) is 0 Å². The maximum Gasteiger partial charge on any atom is 0.123 e. The van der Waals surface area contributed by atoms with Gasteiger partial charge in [-0.1, -0.05) is 18.2 Å². The molecule has 0 aliphatic carbocycles. The molecule has 0 amide bonds. The summed E-state index contributed by atoms with van der Waals surface area (Å²) in [6, 6.07) is 8.52. The van der Waals surface area contributed by atoms with E-state index in [1.165, 1.54) is 24.9 Å². The van der Waals surface area contributed by atoms with Gasteiger partial charge in [-0.05, 0) is 32.5 Å². The van der Waals surface area contributed by atoms with E-state index < -0.39 is 0 Å². The first-order chi connectivity index (χ1) is 7.30. The van der Waals surface area contributed by atoms with E-state index in [4.69, 9.17) is 4.74 Å². The number of halogens is 1. The summed E-state index contributed by atoms with van der Waals surface area (Å²) < 4.78 is 5.81. The van der Waals surface area contributed by atoms with E-state index in [1.54, 1.807) is 0 Å². The number of ether oxygens (including phenoxy) is 1. The highest BCUT2D eigenvalue weighted by molar-refractivity contribution is 5.85. The molecule has 0 radical (unpaired) electrons. The molecule has 16 heavy (non-hydrogen) atoms. The molecule has 0 aromatic heterocycles. The van der Waals surface area contributed by atoms with Crippen molar-refractivity contribution < 1.29 is 4.74 Å². The fourth-order valence-corrected chi connectivity index (χ4v) is 3.02. The van der Waals surface area contributed by atoms with E-state index in [1.807, 2.05) is 0 Å². The van der Waals surface area contributed by atoms with Crippen LogP contribution in [0.1, 0.15) is 18.4 Å². The molecule has 1 saturated heterocycles. The van der Waals surface area contributed by atoms with E-state index in [0.29, 0.717) is 0 Å². The maximum atomic E-state index is 5.81. The summed E-state index contributed by atoms with van der Waals surface area (Å²) in [6.45, 7) is 3.24. The molecule has 2 nitrogen and oxygen atoms in total. The molecule has 1 atom stereocenters. The van der Waals surface area contributed by atoms with Gasteiger partial charge in [0.05, 0.1) is 6.61 Å². The first-order valence-corrected chi connectivity index (χ1v) is 5.71. The van der Waals surface area contributed by atoms with Gasteiger partial charge >= 0.3 is 0 Å². The summed E-state index contributed by atoms with van der Waals surface area (Å²) in [5.74, 6) is 1.10. The number of rotatable bonds is 0. The molecule has 1 fully saturated rings. The second kappa shape index (κ2) is 4.27. The Morgan fingerprint density at radius 1 is 1.31 bits per heavy atom. The van der Waals surface area contributed by atoms with Crippen molar-refractivity contribution in [2.24, 2.45) is 0 Å². The highest BCUT2D eigenvalue weighted by Crippen LogP contribution is 2.43. The van der Waals surface area contributed by atoms with Crippen LogP contribution in [0.3, 0.4) is 0 Å². The SMILES string of the molecule is CN1CCCC2(COc3ccccc32)C1.Cl. The van der Waals surface area contributed by atoms with Gasteiger partial charge in [0.1, 0.15) is 5.75 Å². The van der Waals surface area contributed by atoms with Crippen LogP contribution in [0, 0.1) is 0 Å². The molecule has 1 unspecified atom stereocenters. The lowest BCUT2D eigenvalue weighted by molar-refractivity contribution is 0.144. The van der Waals surface area contributed by atoms with Crippen molar-refractivity contribution >= 4 is 12.4 Å². The number of hydrogen-bond donors (Lipinski definition) is 0. The van der Waals surface area contributed by atoms with Gasteiger partial charge in [-0.25, -0.2) is 0 Å². The summed E-state index contributed by atoms with van der Waals surface area (Å²) in [4.78, 5) is 2.43. The first-order valence-electron chi connectivity index (χ1n) is 5.71. The quantitative estimate of drug-likeness (QED) is 0.690. The van der Waals surface area contributed by atoms with Crippen LogP contribution < -0.4 is 4.74 Å². The Morgan fingerprint density at radius 3 is 2.94 bits per heavy atom. The number of benzene rings is 1. The summed E-state index contributed by atoms with van der Waals surface area (Å²) in [7, 11) is 2.21. The fraction of sp³-hybridized carbons (Fsp3) is 0.538. The van der Waals surface area contributed by atoms with Gasteiger partial charge in [-0.2, -0.15) is 0 Å².